The summed E-state index contributed by atoms with van der Waals surface area (Å²) in [5.74, 6) is 0. The lowest BCUT2D eigenvalue weighted by molar-refractivity contribution is 0.0183. The molecule has 1 aromatic carbocycles. The molecule has 0 saturated heterocycles. The summed E-state index contributed by atoms with van der Waals surface area (Å²) in [4.78, 5) is 15.4. The molecule has 8 heteroatoms. The molecule has 2 atom stereocenters. The Bertz CT molecular complexity index is 684. The molecule has 2 aromatic rings. The van der Waals surface area contributed by atoms with Crippen LogP contribution in [-0.2, 0) is 11.3 Å². The van der Waals surface area contributed by atoms with Crippen molar-refractivity contribution < 1.29 is 19.7 Å². The number of carbonyl (C=O) groups is 1. The molecule has 128 valence electrons. The van der Waals surface area contributed by atoms with Gasteiger partial charge in [-0.25, -0.2) is 9.78 Å². The number of nitrogen functional groups attached to an aromatic ring is 1. The summed E-state index contributed by atoms with van der Waals surface area (Å²) in [6, 6.07) is 10.6. The summed E-state index contributed by atoms with van der Waals surface area (Å²) in [6.45, 7) is -0.115. The molecule has 0 saturated carbocycles. The van der Waals surface area contributed by atoms with Gasteiger partial charge in [-0.15, -0.1) is 0 Å². The number of hydrogen-bond acceptors (Lipinski definition) is 6. The van der Waals surface area contributed by atoms with Crippen LogP contribution in [0.1, 0.15) is 17.2 Å². The Hall–Kier alpha value is -2.35. The number of nitrogens with two attached hydrogens (primary N) is 1. The molecule has 0 aliphatic rings. The van der Waals surface area contributed by atoms with Crippen LogP contribution in [0.15, 0.2) is 42.6 Å². The number of halogens is 1. The Morgan fingerprint density at radius 3 is 2.75 bits per heavy atom. The van der Waals surface area contributed by atoms with E-state index in [0.29, 0.717) is 5.69 Å². The van der Waals surface area contributed by atoms with E-state index in [1.165, 1.54) is 12.3 Å². The van der Waals surface area contributed by atoms with E-state index >= 15 is 0 Å². The van der Waals surface area contributed by atoms with Crippen LogP contribution in [0.2, 0.25) is 5.15 Å². The van der Waals surface area contributed by atoms with Crippen molar-refractivity contribution in [2.75, 3.05) is 12.3 Å². The third-order valence-electron chi connectivity index (χ3n) is 3.24. The van der Waals surface area contributed by atoms with Gasteiger partial charge in [0.1, 0.15) is 24.0 Å². The number of anilines is 1. The molecule has 1 amide bonds. The molecule has 0 aliphatic carbocycles. The number of hydrogen-bond donors (Lipinski definition) is 4. The highest BCUT2D eigenvalue weighted by molar-refractivity contribution is 6.30. The minimum absolute atomic E-state index is 0.0300. The van der Waals surface area contributed by atoms with Crippen LogP contribution < -0.4 is 11.1 Å². The van der Waals surface area contributed by atoms with E-state index < -0.39 is 18.3 Å². The number of aliphatic hydroxyl groups excluding tert-OH is 2. The molecule has 0 aliphatic heterocycles. The highest BCUT2D eigenvalue weighted by Gasteiger charge is 2.22. The zero-order valence-electron chi connectivity index (χ0n) is 12.7. The maximum atomic E-state index is 11.6. The fourth-order valence-corrected chi connectivity index (χ4v) is 2.19. The Balaban J connectivity index is 1.82. The summed E-state index contributed by atoms with van der Waals surface area (Å²) >= 11 is 5.87. The first kappa shape index (κ1) is 18.0. The summed E-state index contributed by atoms with van der Waals surface area (Å²) in [5.41, 5.74) is 6.90. The molecular weight excluding hydrogens is 334 g/mol. The summed E-state index contributed by atoms with van der Waals surface area (Å²) in [6.07, 6.45) is -2.01. The van der Waals surface area contributed by atoms with E-state index in [1.807, 2.05) is 30.3 Å². The summed E-state index contributed by atoms with van der Waals surface area (Å²) in [7, 11) is 0. The maximum absolute atomic E-state index is 11.6. The average molecular weight is 352 g/mol. The smallest absolute Gasteiger partial charge is 0.407 e. The lowest BCUT2D eigenvalue weighted by Gasteiger charge is -2.19. The molecule has 2 unspecified atom stereocenters. The van der Waals surface area contributed by atoms with E-state index in [4.69, 9.17) is 22.1 Å². The molecule has 1 aromatic heterocycles. The van der Waals surface area contributed by atoms with Gasteiger partial charge in [0, 0.05) is 12.1 Å². The highest BCUT2D eigenvalue weighted by atomic mass is 35.5. The van der Waals surface area contributed by atoms with Crippen molar-refractivity contribution in [3.05, 3.63) is 58.9 Å². The van der Waals surface area contributed by atoms with Crippen LogP contribution in [-0.4, -0.2) is 33.9 Å². The molecule has 1 heterocycles. The van der Waals surface area contributed by atoms with E-state index in [0.717, 1.165) is 5.56 Å². The summed E-state index contributed by atoms with van der Waals surface area (Å²) in [5, 5.41) is 22.5. The van der Waals surface area contributed by atoms with Crippen molar-refractivity contribution in [2.24, 2.45) is 0 Å². The highest BCUT2D eigenvalue weighted by Crippen LogP contribution is 2.25. The first-order chi connectivity index (χ1) is 11.5. The van der Waals surface area contributed by atoms with Crippen LogP contribution in [0.3, 0.4) is 0 Å². The number of ether oxygens (including phenoxy) is 1. The number of amides is 1. The van der Waals surface area contributed by atoms with Crippen molar-refractivity contribution in [1.29, 1.82) is 0 Å². The second-order valence-corrected chi connectivity index (χ2v) is 5.46. The fraction of sp³-hybridized carbons (Fsp3) is 0.250. The number of rotatable bonds is 6. The zero-order valence-corrected chi connectivity index (χ0v) is 13.5. The second kappa shape index (κ2) is 8.49. The topological polar surface area (TPSA) is 118 Å². The van der Waals surface area contributed by atoms with Crippen molar-refractivity contribution >= 4 is 23.4 Å². The van der Waals surface area contributed by atoms with Crippen molar-refractivity contribution in [3.63, 3.8) is 0 Å². The number of alkyl carbamates (subject to hydrolysis) is 1. The van der Waals surface area contributed by atoms with Crippen molar-refractivity contribution in [3.8, 4) is 0 Å². The second-order valence-electron chi connectivity index (χ2n) is 5.10. The predicted molar refractivity (Wildman–Crippen MR) is 89.3 cm³/mol. The first-order valence-corrected chi connectivity index (χ1v) is 7.56. The van der Waals surface area contributed by atoms with Crippen LogP contribution in [0.5, 0.6) is 0 Å². The van der Waals surface area contributed by atoms with Crippen LogP contribution in [0, 0.1) is 0 Å². The van der Waals surface area contributed by atoms with Gasteiger partial charge in [-0.05, 0) is 11.6 Å². The van der Waals surface area contributed by atoms with Gasteiger partial charge in [-0.3, -0.25) is 0 Å². The molecule has 24 heavy (non-hydrogen) atoms. The minimum Gasteiger partial charge on any atom is -0.445 e. The molecule has 0 fully saturated rings. The van der Waals surface area contributed by atoms with E-state index in [2.05, 4.69) is 10.3 Å². The van der Waals surface area contributed by atoms with Crippen molar-refractivity contribution in [2.45, 2.75) is 18.8 Å². The van der Waals surface area contributed by atoms with E-state index in [1.54, 1.807) is 0 Å². The third-order valence-corrected chi connectivity index (χ3v) is 3.55. The number of benzene rings is 1. The molecule has 5 N–H and O–H groups in total. The summed E-state index contributed by atoms with van der Waals surface area (Å²) < 4.78 is 5.01. The lowest BCUT2D eigenvalue weighted by Crippen LogP contribution is -2.36. The monoisotopic (exact) mass is 351 g/mol. The fourth-order valence-electron chi connectivity index (χ4n) is 1.97. The van der Waals surface area contributed by atoms with Gasteiger partial charge in [-0.2, -0.15) is 0 Å². The number of nitrogens with one attached hydrogen (secondary N) is 1. The molecule has 0 spiro atoms. The Labute approximate surface area is 144 Å². The number of nitrogens with zero attached hydrogens (tertiary/aromatic N) is 1. The normalized spacial score (nSPS) is 13.1. The first-order valence-electron chi connectivity index (χ1n) is 7.19. The van der Waals surface area contributed by atoms with Gasteiger partial charge < -0.3 is 26.0 Å². The lowest BCUT2D eigenvalue weighted by atomic mass is 10.1. The Kier molecular flexibility index (Phi) is 6.36. The third kappa shape index (κ3) is 5.09. The van der Waals surface area contributed by atoms with E-state index in [9.17, 15) is 15.0 Å². The van der Waals surface area contributed by atoms with Gasteiger partial charge in [0.05, 0.1) is 11.9 Å². The van der Waals surface area contributed by atoms with Gasteiger partial charge in [0.2, 0.25) is 0 Å². The maximum Gasteiger partial charge on any atom is 0.407 e. The Morgan fingerprint density at radius 2 is 2.04 bits per heavy atom. The van der Waals surface area contributed by atoms with Crippen molar-refractivity contribution in [1.82, 2.24) is 10.3 Å². The standard InChI is InChI=1S/C16H18ClN3O4/c17-15-12(6-11(18)7-19-15)14(22)13(21)8-20-16(23)24-9-10-4-2-1-3-5-10/h1-7,13-14,21-22H,8-9,18H2,(H,20,23). The van der Waals surface area contributed by atoms with Gasteiger partial charge >= 0.3 is 6.09 Å². The van der Waals surface area contributed by atoms with Gasteiger partial charge in [0.15, 0.2) is 0 Å². The number of pyridine rings is 1. The van der Waals surface area contributed by atoms with Crippen LogP contribution in [0.25, 0.3) is 0 Å². The largest absolute Gasteiger partial charge is 0.445 e. The molecular formula is C16H18ClN3O4. The van der Waals surface area contributed by atoms with Gasteiger partial charge in [-0.1, -0.05) is 41.9 Å². The average Bonchev–Trinajstić information content (AvgIpc) is 2.60. The molecule has 0 radical (unpaired) electrons. The number of aliphatic hydroxyl groups is 2. The Morgan fingerprint density at radius 1 is 1.33 bits per heavy atom. The van der Waals surface area contributed by atoms with Crippen LogP contribution >= 0.6 is 11.6 Å². The quantitative estimate of drug-likeness (QED) is 0.588. The SMILES string of the molecule is Nc1cnc(Cl)c(C(O)C(O)CNC(=O)OCc2ccccc2)c1. The molecule has 7 nitrogen and oxygen atoms in total. The van der Waals surface area contributed by atoms with Crippen LogP contribution in [0.4, 0.5) is 10.5 Å². The number of aromatic nitrogens is 1. The molecule has 2 rings (SSSR count). The zero-order chi connectivity index (χ0) is 17.5. The number of carbonyl (C=O) groups excluding carboxylic acids is 1. The molecule has 0 bridgehead atoms. The minimum atomic E-state index is -1.34. The van der Waals surface area contributed by atoms with E-state index in [-0.39, 0.29) is 23.9 Å². The predicted octanol–water partition coefficient (Wildman–Crippen LogP) is 1.64. The van der Waals surface area contributed by atoms with Gasteiger partial charge in [0.25, 0.3) is 0 Å².